The normalized spacial score (nSPS) is 12.0. The van der Waals surface area contributed by atoms with Crippen molar-refractivity contribution in [3.8, 4) is 0 Å². The molecule has 26 heavy (non-hydrogen) atoms. The van der Waals surface area contributed by atoms with E-state index in [1.54, 1.807) is 32.9 Å². The second-order valence-electron chi connectivity index (χ2n) is 6.72. The number of hydrogen-bond acceptors (Lipinski definition) is 5. The quantitative estimate of drug-likeness (QED) is 0.768. The molecule has 0 saturated heterocycles. The van der Waals surface area contributed by atoms with Gasteiger partial charge in [0.05, 0.1) is 0 Å². The fraction of sp³-hybridized carbons (Fsp3) is 0.500. The fourth-order valence-corrected chi connectivity index (χ4v) is 2.06. The Morgan fingerprint density at radius 1 is 1.19 bits per heavy atom. The summed E-state index contributed by atoms with van der Waals surface area (Å²) in [6.45, 7) is 5.27. The Labute approximate surface area is 153 Å². The van der Waals surface area contributed by atoms with Crippen molar-refractivity contribution < 1.29 is 29.0 Å². The number of amides is 2. The monoisotopic (exact) mass is 366 g/mol. The lowest BCUT2D eigenvalue weighted by Gasteiger charge is -2.25. The van der Waals surface area contributed by atoms with E-state index in [9.17, 15) is 19.5 Å². The van der Waals surface area contributed by atoms with Gasteiger partial charge in [-0.05, 0) is 32.8 Å². The molecule has 0 heterocycles. The largest absolute Gasteiger partial charge is 0.480 e. The molecule has 8 nitrogen and oxygen atoms in total. The third-order valence-electron chi connectivity index (χ3n) is 3.33. The molecule has 0 bridgehead atoms. The number of carbonyl (C=O) groups excluding carboxylic acids is 2. The van der Waals surface area contributed by atoms with Crippen LogP contribution >= 0.6 is 0 Å². The van der Waals surface area contributed by atoms with E-state index < -0.39 is 29.8 Å². The number of carboxylic acids is 1. The van der Waals surface area contributed by atoms with Crippen molar-refractivity contribution in [2.75, 3.05) is 13.6 Å². The molecular formula is C18H26N2O6. The van der Waals surface area contributed by atoms with Crippen molar-refractivity contribution in [3.05, 3.63) is 35.9 Å². The summed E-state index contributed by atoms with van der Waals surface area (Å²) in [4.78, 5) is 36.1. The van der Waals surface area contributed by atoms with Crippen LogP contribution in [0.5, 0.6) is 0 Å². The maximum absolute atomic E-state index is 12.1. The number of carbonyl (C=O) groups is 3. The molecule has 1 rings (SSSR count). The van der Waals surface area contributed by atoms with Crippen LogP contribution in [-0.4, -0.2) is 53.4 Å². The number of nitrogens with zero attached hydrogens (tertiary/aromatic N) is 1. The molecule has 0 unspecified atom stereocenters. The van der Waals surface area contributed by atoms with Crippen molar-refractivity contribution in [1.29, 1.82) is 0 Å². The Kier molecular flexibility index (Phi) is 7.89. The summed E-state index contributed by atoms with van der Waals surface area (Å²) in [6.07, 6.45) is -1.37. The number of hydrogen-bond donors (Lipinski definition) is 2. The molecule has 0 spiro atoms. The van der Waals surface area contributed by atoms with E-state index in [-0.39, 0.29) is 19.6 Å². The minimum atomic E-state index is -1.19. The first-order chi connectivity index (χ1) is 12.1. The molecule has 8 heteroatoms. The zero-order valence-electron chi connectivity index (χ0n) is 15.5. The van der Waals surface area contributed by atoms with Gasteiger partial charge in [0, 0.05) is 13.6 Å². The third-order valence-corrected chi connectivity index (χ3v) is 3.33. The van der Waals surface area contributed by atoms with Crippen LogP contribution in [0, 0.1) is 0 Å². The summed E-state index contributed by atoms with van der Waals surface area (Å²) in [5, 5.41) is 11.8. The van der Waals surface area contributed by atoms with Gasteiger partial charge in [-0.3, -0.25) is 4.90 Å². The van der Waals surface area contributed by atoms with E-state index in [0.29, 0.717) is 0 Å². The van der Waals surface area contributed by atoms with E-state index >= 15 is 0 Å². The summed E-state index contributed by atoms with van der Waals surface area (Å²) < 4.78 is 10.2. The van der Waals surface area contributed by atoms with Gasteiger partial charge in [-0.2, -0.15) is 0 Å². The topological polar surface area (TPSA) is 105 Å². The van der Waals surface area contributed by atoms with Crippen LogP contribution in [0.25, 0.3) is 0 Å². The second kappa shape index (κ2) is 9.65. The van der Waals surface area contributed by atoms with Gasteiger partial charge in [0.2, 0.25) is 0 Å². The number of likely N-dealkylation sites (N-methyl/N-ethyl adjacent to an activating group) is 1. The molecule has 0 aliphatic heterocycles. The highest BCUT2D eigenvalue weighted by molar-refractivity contribution is 5.80. The average molecular weight is 366 g/mol. The first-order valence-electron chi connectivity index (χ1n) is 8.23. The Bertz CT molecular complexity index is 612. The van der Waals surface area contributed by atoms with Gasteiger partial charge in [-0.15, -0.1) is 0 Å². The van der Waals surface area contributed by atoms with Crippen LogP contribution in [-0.2, 0) is 20.9 Å². The molecule has 1 atom stereocenters. The second-order valence-corrected chi connectivity index (χ2v) is 6.72. The van der Waals surface area contributed by atoms with Crippen molar-refractivity contribution in [2.45, 2.75) is 45.4 Å². The van der Waals surface area contributed by atoms with Gasteiger partial charge in [0.1, 0.15) is 18.2 Å². The predicted octanol–water partition coefficient (Wildman–Crippen LogP) is 2.62. The number of rotatable bonds is 7. The molecule has 0 aliphatic carbocycles. The van der Waals surface area contributed by atoms with Crippen LogP contribution in [0.4, 0.5) is 9.59 Å². The number of ether oxygens (including phenoxy) is 2. The number of alkyl carbamates (subject to hydrolysis) is 1. The summed E-state index contributed by atoms with van der Waals surface area (Å²) in [7, 11) is 1.35. The highest BCUT2D eigenvalue weighted by Crippen LogP contribution is 2.09. The Morgan fingerprint density at radius 2 is 1.81 bits per heavy atom. The molecule has 2 amide bonds. The number of carboxylic acid groups (broad SMARTS) is 1. The molecule has 1 aromatic carbocycles. The van der Waals surface area contributed by atoms with E-state index in [0.717, 1.165) is 10.5 Å². The Morgan fingerprint density at radius 3 is 2.35 bits per heavy atom. The zero-order valence-corrected chi connectivity index (χ0v) is 15.5. The average Bonchev–Trinajstić information content (AvgIpc) is 2.55. The van der Waals surface area contributed by atoms with Crippen molar-refractivity contribution in [1.82, 2.24) is 10.2 Å². The summed E-state index contributed by atoms with van der Waals surface area (Å²) >= 11 is 0. The van der Waals surface area contributed by atoms with Crippen molar-refractivity contribution in [3.63, 3.8) is 0 Å². The van der Waals surface area contributed by atoms with E-state index in [1.807, 2.05) is 18.2 Å². The minimum absolute atomic E-state index is 0.0194. The van der Waals surface area contributed by atoms with Gasteiger partial charge in [0.15, 0.2) is 0 Å². The van der Waals surface area contributed by atoms with E-state index in [2.05, 4.69) is 5.32 Å². The number of nitrogens with one attached hydrogen (secondary N) is 1. The maximum Gasteiger partial charge on any atom is 0.410 e. The maximum atomic E-state index is 12.1. The van der Waals surface area contributed by atoms with Crippen LogP contribution < -0.4 is 5.32 Å². The molecule has 0 aliphatic rings. The molecule has 0 fully saturated rings. The Hall–Kier alpha value is -2.77. The molecule has 144 valence electrons. The lowest BCUT2D eigenvalue weighted by atomic mass is 10.2. The minimum Gasteiger partial charge on any atom is -0.480 e. The number of benzene rings is 1. The molecule has 1 aromatic rings. The molecular weight excluding hydrogens is 340 g/mol. The lowest BCUT2D eigenvalue weighted by molar-refractivity contribution is -0.142. The highest BCUT2D eigenvalue weighted by atomic mass is 16.6. The summed E-state index contributed by atoms with van der Waals surface area (Å²) in [5.74, 6) is -1.19. The van der Waals surface area contributed by atoms with Gasteiger partial charge < -0.3 is 19.9 Å². The van der Waals surface area contributed by atoms with Gasteiger partial charge in [0.25, 0.3) is 0 Å². The predicted molar refractivity (Wildman–Crippen MR) is 94.7 cm³/mol. The van der Waals surface area contributed by atoms with Crippen LogP contribution in [0.1, 0.15) is 32.8 Å². The summed E-state index contributed by atoms with van der Waals surface area (Å²) in [6, 6.07) is 7.94. The lowest BCUT2D eigenvalue weighted by Crippen LogP contribution is -2.45. The third kappa shape index (κ3) is 7.87. The smallest absolute Gasteiger partial charge is 0.410 e. The van der Waals surface area contributed by atoms with Crippen LogP contribution in [0.15, 0.2) is 30.3 Å². The first kappa shape index (κ1) is 21.3. The molecule has 2 N–H and O–H groups in total. The fourth-order valence-electron chi connectivity index (χ4n) is 2.06. The van der Waals surface area contributed by atoms with Crippen molar-refractivity contribution >= 4 is 18.2 Å². The van der Waals surface area contributed by atoms with Crippen LogP contribution in [0.2, 0.25) is 0 Å². The van der Waals surface area contributed by atoms with Crippen molar-refractivity contribution in [2.24, 2.45) is 0 Å². The molecule has 0 aromatic heterocycles. The summed E-state index contributed by atoms with van der Waals surface area (Å²) in [5.41, 5.74) is 0.154. The van der Waals surface area contributed by atoms with Gasteiger partial charge in [-0.1, -0.05) is 30.3 Å². The first-order valence-corrected chi connectivity index (χ1v) is 8.23. The standard InChI is InChI=1S/C18H26N2O6/c1-18(2,3)26-16(23)19-11-10-14(15(21)22)20(4)17(24)25-12-13-8-6-5-7-9-13/h5-9,14H,10-12H2,1-4H3,(H,19,23)(H,21,22)/t14-/m0/s1. The van der Waals surface area contributed by atoms with E-state index in [4.69, 9.17) is 9.47 Å². The molecule has 0 radical (unpaired) electrons. The van der Waals surface area contributed by atoms with Crippen LogP contribution in [0.3, 0.4) is 0 Å². The highest BCUT2D eigenvalue weighted by Gasteiger charge is 2.27. The van der Waals surface area contributed by atoms with E-state index in [1.165, 1.54) is 7.05 Å². The van der Waals surface area contributed by atoms with Gasteiger partial charge in [-0.25, -0.2) is 14.4 Å². The molecule has 0 saturated carbocycles. The zero-order chi connectivity index (χ0) is 19.7. The Balaban J connectivity index is 2.50. The SMILES string of the molecule is CN(C(=O)OCc1ccccc1)[C@@H](CCNC(=O)OC(C)(C)C)C(=O)O. The van der Waals surface area contributed by atoms with Gasteiger partial charge >= 0.3 is 18.2 Å². The number of aliphatic carboxylic acids is 1.